The van der Waals surface area contributed by atoms with Gasteiger partial charge in [-0.15, -0.1) is 6.58 Å². The van der Waals surface area contributed by atoms with E-state index in [1.807, 2.05) is 18.2 Å². The van der Waals surface area contributed by atoms with Crippen LogP contribution in [0.1, 0.15) is 30.9 Å². The van der Waals surface area contributed by atoms with Crippen molar-refractivity contribution in [2.75, 3.05) is 13.7 Å². The Balaban J connectivity index is 1.63. The van der Waals surface area contributed by atoms with Crippen LogP contribution >= 0.6 is 0 Å². The number of ether oxygens (including phenoxy) is 1. The van der Waals surface area contributed by atoms with Gasteiger partial charge in [0.1, 0.15) is 5.75 Å². The second kappa shape index (κ2) is 7.86. The topological polar surface area (TPSA) is 51.4 Å². The molecule has 2 bridgehead atoms. The monoisotopic (exact) mass is 399 g/mol. The number of fused-ring (bicyclic) bond motifs is 4. The van der Waals surface area contributed by atoms with Crippen LogP contribution in [-0.4, -0.2) is 35.6 Å². The van der Waals surface area contributed by atoms with Crippen LogP contribution in [-0.2, 0) is 0 Å². The maximum atomic E-state index is 7.03. The second-order valence-electron chi connectivity index (χ2n) is 8.61. The van der Waals surface area contributed by atoms with Gasteiger partial charge in [0.15, 0.2) is 0 Å². The van der Waals surface area contributed by atoms with Gasteiger partial charge in [-0.2, -0.15) is 0 Å². The Morgan fingerprint density at radius 2 is 2.00 bits per heavy atom. The Morgan fingerprint density at radius 3 is 2.73 bits per heavy atom. The molecule has 30 heavy (non-hydrogen) atoms. The van der Waals surface area contributed by atoms with Crippen molar-refractivity contribution in [3.63, 3.8) is 0 Å². The zero-order valence-corrected chi connectivity index (χ0v) is 17.5. The molecular weight excluding hydrogens is 370 g/mol. The summed E-state index contributed by atoms with van der Waals surface area (Å²) in [5.74, 6) is 1.57. The van der Waals surface area contributed by atoms with E-state index in [0.717, 1.165) is 52.4 Å². The maximum Gasteiger partial charge on any atom is 0.119 e. The normalized spacial score (nSPS) is 26.5. The third kappa shape index (κ3) is 3.30. The lowest BCUT2D eigenvalue weighted by Gasteiger charge is -2.51. The molecule has 5 atom stereocenters. The van der Waals surface area contributed by atoms with Crippen molar-refractivity contribution in [1.29, 1.82) is 0 Å². The van der Waals surface area contributed by atoms with Crippen molar-refractivity contribution in [3.8, 4) is 17.0 Å². The van der Waals surface area contributed by atoms with Gasteiger partial charge < -0.3 is 10.5 Å². The zero-order chi connectivity index (χ0) is 20.7. The van der Waals surface area contributed by atoms with Crippen molar-refractivity contribution < 1.29 is 4.74 Å². The van der Waals surface area contributed by atoms with E-state index >= 15 is 0 Å². The highest BCUT2D eigenvalue weighted by atomic mass is 16.5. The van der Waals surface area contributed by atoms with Gasteiger partial charge in [0, 0.05) is 29.1 Å². The van der Waals surface area contributed by atoms with Crippen LogP contribution in [0.2, 0.25) is 0 Å². The lowest BCUT2D eigenvalue weighted by Crippen LogP contribution is -2.57. The molecule has 0 spiro atoms. The van der Waals surface area contributed by atoms with Crippen LogP contribution in [0.3, 0.4) is 0 Å². The number of piperidine rings is 3. The molecule has 3 aliphatic rings. The number of benzene rings is 2. The van der Waals surface area contributed by atoms with Crippen LogP contribution in [0.4, 0.5) is 0 Å². The number of pyridine rings is 1. The standard InChI is InChI=1S/C26H29N3O/c1-3-19-13-17-11-12-29(19)25(14-17)26(27)22-16-24(18-7-5-4-6-8-18)28-23-10-9-20(30-2)15-21(22)23/h3-10,15-17,19,25-26H,1,11-14,27H2,2H3/t17-,19-,25-,26?/m0/s1. The molecule has 4 heteroatoms. The zero-order valence-electron chi connectivity index (χ0n) is 17.5. The van der Waals surface area contributed by atoms with Gasteiger partial charge >= 0.3 is 0 Å². The van der Waals surface area contributed by atoms with Crippen molar-refractivity contribution >= 4 is 10.9 Å². The number of methoxy groups -OCH3 is 1. The molecule has 1 aromatic heterocycles. The molecule has 3 aromatic rings. The maximum absolute atomic E-state index is 7.03. The SMILES string of the molecule is C=C[C@H]1C[C@@H]2CCN1[C@H](C(N)c1cc(-c3ccccc3)nc3ccc(OC)cc13)C2. The second-order valence-corrected chi connectivity index (χ2v) is 8.61. The minimum atomic E-state index is -0.0874. The molecule has 3 aliphatic heterocycles. The molecule has 3 saturated heterocycles. The minimum Gasteiger partial charge on any atom is -0.497 e. The molecule has 0 amide bonds. The molecule has 4 nitrogen and oxygen atoms in total. The largest absolute Gasteiger partial charge is 0.497 e. The fourth-order valence-electron chi connectivity index (χ4n) is 5.38. The first-order valence-electron chi connectivity index (χ1n) is 10.9. The Hall–Kier alpha value is -2.69. The fourth-order valence-corrected chi connectivity index (χ4v) is 5.38. The minimum absolute atomic E-state index is 0.0874. The highest BCUT2D eigenvalue weighted by Crippen LogP contribution is 2.42. The molecule has 0 radical (unpaired) electrons. The molecule has 4 heterocycles. The first-order valence-corrected chi connectivity index (χ1v) is 10.9. The Kier molecular flexibility index (Phi) is 5.05. The van der Waals surface area contributed by atoms with E-state index in [-0.39, 0.29) is 6.04 Å². The Labute approximate surface area is 178 Å². The third-order valence-corrected chi connectivity index (χ3v) is 6.96. The summed E-state index contributed by atoms with van der Waals surface area (Å²) < 4.78 is 5.51. The number of aromatic nitrogens is 1. The summed E-state index contributed by atoms with van der Waals surface area (Å²) in [6.07, 6.45) is 5.74. The predicted octanol–water partition coefficient (Wildman–Crippen LogP) is 4.95. The molecule has 2 N–H and O–H groups in total. The highest BCUT2D eigenvalue weighted by molar-refractivity contribution is 5.87. The summed E-state index contributed by atoms with van der Waals surface area (Å²) in [6, 6.07) is 19.3. The van der Waals surface area contributed by atoms with Gasteiger partial charge in [0.2, 0.25) is 0 Å². The third-order valence-electron chi connectivity index (χ3n) is 6.96. The Bertz CT molecular complexity index is 1060. The molecule has 2 unspecified atom stereocenters. The molecule has 2 aromatic carbocycles. The van der Waals surface area contributed by atoms with E-state index in [2.05, 4.69) is 54.0 Å². The predicted molar refractivity (Wildman–Crippen MR) is 122 cm³/mol. The first kappa shape index (κ1) is 19.3. The van der Waals surface area contributed by atoms with Gasteiger partial charge in [-0.3, -0.25) is 4.90 Å². The van der Waals surface area contributed by atoms with Crippen molar-refractivity contribution in [2.24, 2.45) is 11.7 Å². The lowest BCUT2D eigenvalue weighted by molar-refractivity contribution is 0.00511. The quantitative estimate of drug-likeness (QED) is 0.617. The number of hydrogen-bond acceptors (Lipinski definition) is 4. The van der Waals surface area contributed by atoms with Crippen LogP contribution in [0, 0.1) is 5.92 Å². The smallest absolute Gasteiger partial charge is 0.119 e. The summed E-state index contributed by atoms with van der Waals surface area (Å²) in [5.41, 5.74) is 11.2. The van der Waals surface area contributed by atoms with Crippen molar-refractivity contribution in [2.45, 2.75) is 37.4 Å². The molecule has 6 rings (SSSR count). The number of hydrogen-bond donors (Lipinski definition) is 1. The molecular formula is C26H29N3O. The lowest BCUT2D eigenvalue weighted by atomic mass is 9.75. The van der Waals surface area contributed by atoms with E-state index in [1.54, 1.807) is 7.11 Å². The summed E-state index contributed by atoms with van der Waals surface area (Å²) in [5, 5.41) is 1.08. The fraction of sp³-hybridized carbons (Fsp3) is 0.346. The molecule has 0 saturated carbocycles. The average Bonchev–Trinajstić information content (AvgIpc) is 2.83. The van der Waals surface area contributed by atoms with E-state index in [9.17, 15) is 0 Å². The van der Waals surface area contributed by atoms with E-state index in [0.29, 0.717) is 12.1 Å². The van der Waals surface area contributed by atoms with Crippen molar-refractivity contribution in [3.05, 3.63) is 72.8 Å². The van der Waals surface area contributed by atoms with E-state index in [4.69, 9.17) is 15.5 Å². The molecule has 3 fully saturated rings. The van der Waals surface area contributed by atoms with Gasteiger partial charge in [-0.05, 0) is 61.6 Å². The van der Waals surface area contributed by atoms with Crippen LogP contribution < -0.4 is 10.5 Å². The summed E-state index contributed by atoms with van der Waals surface area (Å²) in [6.45, 7) is 5.20. The number of nitrogens with zero attached hydrogens (tertiary/aromatic N) is 2. The van der Waals surface area contributed by atoms with Gasteiger partial charge in [-0.1, -0.05) is 36.4 Å². The van der Waals surface area contributed by atoms with Crippen LogP contribution in [0.15, 0.2) is 67.3 Å². The van der Waals surface area contributed by atoms with Gasteiger partial charge in [-0.25, -0.2) is 4.98 Å². The first-order chi connectivity index (χ1) is 14.7. The summed E-state index contributed by atoms with van der Waals surface area (Å²) in [7, 11) is 1.70. The number of nitrogens with two attached hydrogens (primary N) is 1. The summed E-state index contributed by atoms with van der Waals surface area (Å²) in [4.78, 5) is 7.52. The molecule has 0 aliphatic carbocycles. The average molecular weight is 400 g/mol. The van der Waals surface area contributed by atoms with Gasteiger partial charge in [0.25, 0.3) is 0 Å². The highest BCUT2D eigenvalue weighted by Gasteiger charge is 2.42. The summed E-state index contributed by atoms with van der Waals surface area (Å²) >= 11 is 0. The molecule has 154 valence electrons. The number of rotatable bonds is 5. The van der Waals surface area contributed by atoms with Crippen LogP contribution in [0.5, 0.6) is 5.75 Å². The van der Waals surface area contributed by atoms with Crippen molar-refractivity contribution in [1.82, 2.24) is 9.88 Å². The van der Waals surface area contributed by atoms with E-state index in [1.165, 1.54) is 12.8 Å². The van der Waals surface area contributed by atoms with E-state index < -0.39 is 0 Å². The Morgan fingerprint density at radius 1 is 1.17 bits per heavy atom. The van der Waals surface area contributed by atoms with Gasteiger partial charge in [0.05, 0.1) is 18.3 Å². The van der Waals surface area contributed by atoms with Crippen LogP contribution in [0.25, 0.3) is 22.2 Å².